The van der Waals surface area contributed by atoms with Crippen LogP contribution < -0.4 is 15.4 Å². The van der Waals surface area contributed by atoms with Crippen LogP contribution in [0.3, 0.4) is 0 Å². The van der Waals surface area contributed by atoms with Gasteiger partial charge in [0, 0.05) is 12.1 Å². The fourth-order valence-corrected chi connectivity index (χ4v) is 1.58. The van der Waals surface area contributed by atoms with Crippen molar-refractivity contribution >= 4 is 18.3 Å². The van der Waals surface area contributed by atoms with Gasteiger partial charge in [0.2, 0.25) is 0 Å². The maximum atomic E-state index is 11.6. The van der Waals surface area contributed by atoms with Gasteiger partial charge in [-0.1, -0.05) is 19.1 Å². The van der Waals surface area contributed by atoms with E-state index in [0.717, 1.165) is 13.1 Å². The number of hydrogen-bond donors (Lipinski definition) is 2. The molecule has 1 rings (SSSR count). The predicted molar refractivity (Wildman–Crippen MR) is 84.5 cm³/mol. The van der Waals surface area contributed by atoms with Crippen LogP contribution in [0.2, 0.25) is 0 Å². The van der Waals surface area contributed by atoms with Gasteiger partial charge in [0.15, 0.2) is 6.61 Å². The zero-order valence-corrected chi connectivity index (χ0v) is 13.5. The molecule has 0 radical (unpaired) electrons. The molecule has 0 aliphatic heterocycles. The van der Waals surface area contributed by atoms with Crippen molar-refractivity contribution < 1.29 is 9.53 Å². The Kier molecular flexibility index (Phi) is 8.26. The quantitative estimate of drug-likeness (QED) is 0.849. The van der Waals surface area contributed by atoms with Gasteiger partial charge in [0.25, 0.3) is 5.91 Å². The van der Waals surface area contributed by atoms with Crippen molar-refractivity contribution in [3.63, 3.8) is 0 Å². The van der Waals surface area contributed by atoms with Crippen molar-refractivity contribution in [2.45, 2.75) is 39.8 Å². The second-order valence-electron chi connectivity index (χ2n) is 5.51. The standard InChI is InChI=1S/C15H24N2O2.ClH/c1-5-16-10-12-6-8-13(9-7-12)19-11-14(18)17-15(2,3)4;/h6-9,16H,5,10-11H2,1-4H3,(H,17,18);1H. The van der Waals surface area contributed by atoms with Gasteiger partial charge in [0.05, 0.1) is 0 Å². The summed E-state index contributed by atoms with van der Waals surface area (Å²) in [6.45, 7) is 9.75. The third-order valence-electron chi connectivity index (χ3n) is 2.39. The number of nitrogens with one attached hydrogen (secondary N) is 2. The highest BCUT2D eigenvalue weighted by molar-refractivity contribution is 5.85. The van der Waals surface area contributed by atoms with Crippen LogP contribution in [0.4, 0.5) is 0 Å². The molecule has 0 aliphatic rings. The van der Waals surface area contributed by atoms with Gasteiger partial charge in [-0.15, -0.1) is 12.4 Å². The molecule has 0 heterocycles. The lowest BCUT2D eigenvalue weighted by molar-refractivity contribution is -0.124. The van der Waals surface area contributed by atoms with Crippen LogP contribution >= 0.6 is 12.4 Å². The lowest BCUT2D eigenvalue weighted by atomic mass is 10.1. The Morgan fingerprint density at radius 2 is 1.80 bits per heavy atom. The molecule has 20 heavy (non-hydrogen) atoms. The van der Waals surface area contributed by atoms with E-state index in [1.165, 1.54) is 5.56 Å². The van der Waals surface area contributed by atoms with E-state index in [2.05, 4.69) is 17.6 Å². The average Bonchev–Trinajstić information content (AvgIpc) is 2.33. The highest BCUT2D eigenvalue weighted by Crippen LogP contribution is 2.12. The van der Waals surface area contributed by atoms with Gasteiger partial charge in [-0.25, -0.2) is 0 Å². The monoisotopic (exact) mass is 300 g/mol. The molecule has 1 amide bonds. The van der Waals surface area contributed by atoms with Crippen molar-refractivity contribution in [2.24, 2.45) is 0 Å². The first-order chi connectivity index (χ1) is 8.90. The van der Waals surface area contributed by atoms with Crippen molar-refractivity contribution in [1.29, 1.82) is 0 Å². The minimum atomic E-state index is -0.226. The minimum Gasteiger partial charge on any atom is -0.484 e. The number of hydrogen-bond acceptors (Lipinski definition) is 3. The molecule has 114 valence electrons. The summed E-state index contributed by atoms with van der Waals surface area (Å²) in [7, 11) is 0. The normalized spacial score (nSPS) is 10.6. The summed E-state index contributed by atoms with van der Waals surface area (Å²) < 4.78 is 5.44. The van der Waals surface area contributed by atoms with E-state index in [-0.39, 0.29) is 30.5 Å². The fourth-order valence-electron chi connectivity index (χ4n) is 1.58. The number of benzene rings is 1. The first-order valence-electron chi connectivity index (χ1n) is 6.64. The van der Waals surface area contributed by atoms with Crippen LogP contribution in [0.15, 0.2) is 24.3 Å². The Bertz CT molecular complexity index is 399. The zero-order chi connectivity index (χ0) is 14.3. The molecule has 1 aromatic rings. The van der Waals surface area contributed by atoms with Gasteiger partial charge in [-0.2, -0.15) is 0 Å². The van der Waals surface area contributed by atoms with Gasteiger partial charge in [0.1, 0.15) is 5.75 Å². The summed E-state index contributed by atoms with van der Waals surface area (Å²) in [5, 5.41) is 6.11. The van der Waals surface area contributed by atoms with Crippen molar-refractivity contribution in [3.05, 3.63) is 29.8 Å². The van der Waals surface area contributed by atoms with Crippen molar-refractivity contribution in [3.8, 4) is 5.75 Å². The molecule has 0 aromatic heterocycles. The van der Waals surface area contributed by atoms with Gasteiger partial charge in [-0.05, 0) is 45.0 Å². The van der Waals surface area contributed by atoms with E-state index in [9.17, 15) is 4.79 Å². The molecule has 1 aromatic carbocycles. The third-order valence-corrected chi connectivity index (χ3v) is 2.39. The van der Waals surface area contributed by atoms with Crippen molar-refractivity contribution in [2.75, 3.05) is 13.2 Å². The Morgan fingerprint density at radius 1 is 1.20 bits per heavy atom. The molecule has 0 spiro atoms. The number of halogens is 1. The Labute approximate surface area is 127 Å². The molecule has 4 nitrogen and oxygen atoms in total. The maximum Gasteiger partial charge on any atom is 0.258 e. The van der Waals surface area contributed by atoms with E-state index < -0.39 is 0 Å². The number of amides is 1. The SMILES string of the molecule is CCNCc1ccc(OCC(=O)NC(C)(C)C)cc1.Cl. The molecular weight excluding hydrogens is 276 g/mol. The topological polar surface area (TPSA) is 50.4 Å². The maximum absolute atomic E-state index is 11.6. The number of carbonyl (C=O) groups is 1. The summed E-state index contributed by atoms with van der Waals surface area (Å²) in [4.78, 5) is 11.6. The molecule has 0 aliphatic carbocycles. The summed E-state index contributed by atoms with van der Waals surface area (Å²) in [5.74, 6) is 0.605. The first-order valence-corrected chi connectivity index (χ1v) is 6.64. The Hall–Kier alpha value is -1.26. The van der Waals surface area contributed by atoms with E-state index in [0.29, 0.717) is 5.75 Å². The molecule has 2 N–H and O–H groups in total. The molecular formula is C15H25ClN2O2. The van der Waals surface area contributed by atoms with E-state index >= 15 is 0 Å². The molecule has 0 atom stereocenters. The van der Waals surface area contributed by atoms with Gasteiger partial charge < -0.3 is 15.4 Å². The first kappa shape index (κ1) is 18.7. The Morgan fingerprint density at radius 3 is 2.30 bits per heavy atom. The predicted octanol–water partition coefficient (Wildman–Crippen LogP) is 2.51. The van der Waals surface area contributed by atoms with Crippen LogP contribution in [0.25, 0.3) is 0 Å². The molecule has 0 unspecified atom stereocenters. The van der Waals surface area contributed by atoms with E-state index in [4.69, 9.17) is 4.74 Å². The van der Waals surface area contributed by atoms with Crippen LogP contribution in [-0.2, 0) is 11.3 Å². The van der Waals surface area contributed by atoms with E-state index in [1.54, 1.807) is 0 Å². The fraction of sp³-hybridized carbons (Fsp3) is 0.533. The lowest BCUT2D eigenvalue weighted by Gasteiger charge is -2.20. The summed E-state index contributed by atoms with van der Waals surface area (Å²) in [6, 6.07) is 7.77. The van der Waals surface area contributed by atoms with Crippen LogP contribution in [0.1, 0.15) is 33.3 Å². The van der Waals surface area contributed by atoms with Gasteiger partial charge in [-0.3, -0.25) is 4.79 Å². The molecule has 0 bridgehead atoms. The van der Waals surface area contributed by atoms with Crippen LogP contribution in [-0.4, -0.2) is 24.6 Å². The number of ether oxygens (including phenoxy) is 1. The van der Waals surface area contributed by atoms with E-state index in [1.807, 2.05) is 45.0 Å². The summed E-state index contributed by atoms with van der Waals surface area (Å²) >= 11 is 0. The summed E-state index contributed by atoms with van der Waals surface area (Å²) in [6.07, 6.45) is 0. The highest BCUT2D eigenvalue weighted by Gasteiger charge is 2.13. The number of rotatable bonds is 6. The van der Waals surface area contributed by atoms with Crippen LogP contribution in [0.5, 0.6) is 5.75 Å². The third kappa shape index (κ3) is 8.02. The molecule has 5 heteroatoms. The lowest BCUT2D eigenvalue weighted by Crippen LogP contribution is -2.43. The molecule has 0 fully saturated rings. The second kappa shape index (κ2) is 8.82. The number of carbonyl (C=O) groups excluding carboxylic acids is 1. The second-order valence-corrected chi connectivity index (χ2v) is 5.51. The smallest absolute Gasteiger partial charge is 0.258 e. The Balaban J connectivity index is 0.00000361. The highest BCUT2D eigenvalue weighted by atomic mass is 35.5. The molecule has 0 saturated heterocycles. The van der Waals surface area contributed by atoms with Gasteiger partial charge >= 0.3 is 0 Å². The minimum absolute atomic E-state index is 0. The molecule has 0 saturated carbocycles. The largest absolute Gasteiger partial charge is 0.484 e. The summed E-state index contributed by atoms with van der Waals surface area (Å²) in [5.41, 5.74) is 0.976. The average molecular weight is 301 g/mol. The van der Waals surface area contributed by atoms with Crippen molar-refractivity contribution in [1.82, 2.24) is 10.6 Å². The van der Waals surface area contributed by atoms with Crippen LogP contribution in [0, 0.1) is 0 Å². The zero-order valence-electron chi connectivity index (χ0n) is 12.7.